The lowest BCUT2D eigenvalue weighted by molar-refractivity contribution is 0.00578. The first kappa shape index (κ1) is 15.4. The second kappa shape index (κ2) is 4.52. The smallest absolute Gasteiger partial charge is 0.399 e. The summed E-state index contributed by atoms with van der Waals surface area (Å²) in [5.74, 6) is -0.581. The van der Waals surface area contributed by atoms with E-state index >= 15 is 0 Å². The number of halogens is 1. The third-order valence-corrected chi connectivity index (χ3v) is 4.77. The maximum atomic E-state index is 13.4. The molecule has 5 nitrogen and oxygen atoms in total. The molecular formula is C12H17BFNO4S. The van der Waals surface area contributed by atoms with Crippen LogP contribution in [0.5, 0.6) is 0 Å². The number of nitrogens with two attached hydrogens (primary N) is 1. The van der Waals surface area contributed by atoms with Crippen molar-refractivity contribution >= 4 is 22.6 Å². The summed E-state index contributed by atoms with van der Waals surface area (Å²) in [5.41, 5.74) is -1.23. The number of sulfonamides is 1. The number of benzene rings is 1. The van der Waals surface area contributed by atoms with Crippen molar-refractivity contribution in [1.82, 2.24) is 0 Å². The average molecular weight is 301 g/mol. The van der Waals surface area contributed by atoms with E-state index in [4.69, 9.17) is 14.4 Å². The lowest BCUT2D eigenvalue weighted by Crippen LogP contribution is -2.41. The SMILES string of the molecule is CC1(C)OB(c2cc(F)ccc2S(N)(=O)=O)OC1(C)C. The number of rotatable bonds is 2. The fourth-order valence-electron chi connectivity index (χ4n) is 1.93. The summed E-state index contributed by atoms with van der Waals surface area (Å²) in [4.78, 5) is -0.197. The molecule has 0 amide bonds. The van der Waals surface area contributed by atoms with E-state index in [0.717, 1.165) is 18.2 Å². The third-order valence-electron chi connectivity index (χ3n) is 3.79. The summed E-state index contributed by atoms with van der Waals surface area (Å²) in [6, 6.07) is 3.22. The van der Waals surface area contributed by atoms with Crippen LogP contribution >= 0.6 is 0 Å². The predicted molar refractivity (Wildman–Crippen MR) is 73.5 cm³/mol. The minimum Gasteiger partial charge on any atom is -0.399 e. The van der Waals surface area contributed by atoms with Crippen molar-refractivity contribution in [2.45, 2.75) is 43.8 Å². The average Bonchev–Trinajstić information content (AvgIpc) is 2.46. The van der Waals surface area contributed by atoms with Gasteiger partial charge in [-0.15, -0.1) is 0 Å². The zero-order chi connectivity index (χ0) is 15.3. The van der Waals surface area contributed by atoms with Gasteiger partial charge >= 0.3 is 7.12 Å². The van der Waals surface area contributed by atoms with Crippen LogP contribution in [-0.4, -0.2) is 26.7 Å². The highest BCUT2D eigenvalue weighted by Gasteiger charge is 2.52. The highest BCUT2D eigenvalue weighted by molar-refractivity contribution is 7.89. The van der Waals surface area contributed by atoms with Crippen molar-refractivity contribution in [2.24, 2.45) is 5.14 Å². The summed E-state index contributed by atoms with van der Waals surface area (Å²) in [6.07, 6.45) is 0. The molecule has 0 saturated carbocycles. The van der Waals surface area contributed by atoms with Gasteiger partial charge in [0, 0.05) is 5.46 Å². The van der Waals surface area contributed by atoms with Crippen LogP contribution < -0.4 is 10.6 Å². The predicted octanol–water partition coefficient (Wildman–Crippen LogP) is 0.772. The van der Waals surface area contributed by atoms with Crippen LogP contribution in [0.1, 0.15) is 27.7 Å². The topological polar surface area (TPSA) is 78.6 Å². The second-order valence-corrected chi connectivity index (χ2v) is 7.35. The molecule has 1 aliphatic heterocycles. The van der Waals surface area contributed by atoms with Crippen molar-refractivity contribution in [3.8, 4) is 0 Å². The monoisotopic (exact) mass is 301 g/mol. The van der Waals surface area contributed by atoms with Gasteiger partial charge in [0.05, 0.1) is 16.1 Å². The lowest BCUT2D eigenvalue weighted by atomic mass is 9.79. The summed E-state index contributed by atoms with van der Waals surface area (Å²) in [7, 11) is -4.97. The summed E-state index contributed by atoms with van der Waals surface area (Å²) in [6.45, 7) is 7.29. The minimum absolute atomic E-state index is 0.0751. The Labute approximate surface area is 118 Å². The van der Waals surface area contributed by atoms with Crippen LogP contribution in [0.4, 0.5) is 4.39 Å². The van der Waals surface area contributed by atoms with Crippen LogP contribution in [0, 0.1) is 5.82 Å². The zero-order valence-corrected chi connectivity index (χ0v) is 12.6. The Morgan fingerprint density at radius 3 is 2.10 bits per heavy atom. The van der Waals surface area contributed by atoms with Gasteiger partial charge in [0.1, 0.15) is 5.82 Å². The molecule has 2 rings (SSSR count). The van der Waals surface area contributed by atoms with E-state index in [1.807, 2.05) is 27.7 Å². The van der Waals surface area contributed by atoms with Gasteiger partial charge in [-0.1, -0.05) is 0 Å². The van der Waals surface area contributed by atoms with Crippen LogP contribution in [0.3, 0.4) is 0 Å². The Hall–Kier alpha value is -0.955. The Bertz CT molecular complexity index is 629. The molecule has 0 aromatic heterocycles. The Balaban J connectivity index is 2.53. The molecule has 2 N–H and O–H groups in total. The van der Waals surface area contributed by atoms with Gasteiger partial charge in [-0.25, -0.2) is 17.9 Å². The number of primary sulfonamides is 1. The maximum absolute atomic E-state index is 13.4. The van der Waals surface area contributed by atoms with Crippen LogP contribution in [-0.2, 0) is 19.3 Å². The van der Waals surface area contributed by atoms with Crippen LogP contribution in [0.15, 0.2) is 23.1 Å². The highest BCUT2D eigenvalue weighted by Crippen LogP contribution is 2.36. The highest BCUT2D eigenvalue weighted by atomic mass is 32.2. The van der Waals surface area contributed by atoms with E-state index in [2.05, 4.69) is 0 Å². The second-order valence-electron chi connectivity index (χ2n) is 5.82. The van der Waals surface area contributed by atoms with Gasteiger partial charge in [0.25, 0.3) is 0 Å². The van der Waals surface area contributed by atoms with E-state index in [0.29, 0.717) is 0 Å². The van der Waals surface area contributed by atoms with Crippen LogP contribution in [0.2, 0.25) is 0 Å². The first-order valence-electron chi connectivity index (χ1n) is 6.12. The van der Waals surface area contributed by atoms with Gasteiger partial charge < -0.3 is 9.31 Å². The fraction of sp³-hybridized carbons (Fsp3) is 0.500. The minimum atomic E-state index is -3.99. The Morgan fingerprint density at radius 1 is 1.15 bits per heavy atom. The van der Waals surface area contributed by atoms with E-state index in [1.54, 1.807) is 0 Å². The molecule has 110 valence electrons. The molecule has 0 radical (unpaired) electrons. The van der Waals surface area contributed by atoms with Crippen molar-refractivity contribution in [3.05, 3.63) is 24.0 Å². The van der Waals surface area contributed by atoms with Crippen LogP contribution in [0.25, 0.3) is 0 Å². The molecule has 1 heterocycles. The molecular weight excluding hydrogens is 284 g/mol. The molecule has 20 heavy (non-hydrogen) atoms. The molecule has 1 aliphatic rings. The summed E-state index contributed by atoms with van der Waals surface area (Å²) < 4.78 is 48.1. The van der Waals surface area contributed by atoms with E-state index in [9.17, 15) is 12.8 Å². The summed E-state index contributed by atoms with van der Waals surface area (Å²) >= 11 is 0. The van der Waals surface area contributed by atoms with Gasteiger partial charge in [0.15, 0.2) is 0 Å². The van der Waals surface area contributed by atoms with E-state index in [1.165, 1.54) is 0 Å². The van der Waals surface area contributed by atoms with Crippen molar-refractivity contribution < 1.29 is 22.1 Å². The first-order chi connectivity index (χ1) is 8.94. The quantitative estimate of drug-likeness (QED) is 0.819. The first-order valence-corrected chi connectivity index (χ1v) is 7.66. The fourth-order valence-corrected chi connectivity index (χ4v) is 2.67. The third kappa shape index (κ3) is 2.60. The Kier molecular flexibility index (Phi) is 3.49. The molecule has 1 aromatic rings. The molecule has 1 saturated heterocycles. The number of hydrogen-bond acceptors (Lipinski definition) is 4. The molecule has 0 bridgehead atoms. The molecule has 0 unspecified atom stereocenters. The van der Waals surface area contributed by atoms with Gasteiger partial charge in [0.2, 0.25) is 10.0 Å². The zero-order valence-electron chi connectivity index (χ0n) is 11.8. The molecule has 0 aliphatic carbocycles. The van der Waals surface area contributed by atoms with Gasteiger partial charge in [-0.3, -0.25) is 0 Å². The lowest BCUT2D eigenvalue weighted by Gasteiger charge is -2.32. The molecule has 8 heteroatoms. The standard InChI is InChI=1S/C12H17BFNO4S/c1-11(2)12(3,4)19-13(18-11)9-7-8(14)5-6-10(9)20(15,16)17/h5-7H,1-4H3,(H2,15,16,17). The van der Waals surface area contributed by atoms with Crippen molar-refractivity contribution in [1.29, 1.82) is 0 Å². The largest absolute Gasteiger partial charge is 0.496 e. The molecule has 0 atom stereocenters. The van der Waals surface area contributed by atoms with E-state index < -0.39 is 34.2 Å². The normalized spacial score (nSPS) is 21.2. The van der Waals surface area contributed by atoms with E-state index in [-0.39, 0.29) is 10.4 Å². The molecule has 0 spiro atoms. The van der Waals surface area contributed by atoms with Crippen molar-refractivity contribution in [3.63, 3.8) is 0 Å². The molecule has 1 aromatic carbocycles. The van der Waals surface area contributed by atoms with Gasteiger partial charge in [-0.2, -0.15) is 0 Å². The maximum Gasteiger partial charge on any atom is 0.496 e. The Morgan fingerprint density at radius 2 is 1.65 bits per heavy atom. The van der Waals surface area contributed by atoms with Gasteiger partial charge in [-0.05, 0) is 45.9 Å². The number of hydrogen-bond donors (Lipinski definition) is 1. The molecule has 1 fully saturated rings. The van der Waals surface area contributed by atoms with Crippen molar-refractivity contribution in [2.75, 3.05) is 0 Å². The summed E-state index contributed by atoms with van der Waals surface area (Å²) in [5, 5.41) is 5.15.